The van der Waals surface area contributed by atoms with Gasteiger partial charge in [-0.3, -0.25) is 0 Å². The van der Waals surface area contributed by atoms with Gasteiger partial charge in [-0.2, -0.15) is 0 Å². The molecule has 0 fully saturated rings. The van der Waals surface area contributed by atoms with Gasteiger partial charge in [-0.1, -0.05) is 36.4 Å². The zero-order valence-corrected chi connectivity index (χ0v) is 15.2. The van der Waals surface area contributed by atoms with E-state index in [0.29, 0.717) is 0 Å². The molecule has 116 valence electrons. The summed E-state index contributed by atoms with van der Waals surface area (Å²) in [5.41, 5.74) is 3.01. The quantitative estimate of drug-likeness (QED) is 0.529. The van der Waals surface area contributed by atoms with Gasteiger partial charge in [-0.05, 0) is 56.5 Å². The Balaban J connectivity index is 2.45. The zero-order valence-electron chi connectivity index (χ0n) is 13.4. The van der Waals surface area contributed by atoms with Gasteiger partial charge in [0.1, 0.15) is 11.4 Å². The summed E-state index contributed by atoms with van der Waals surface area (Å²) in [5.74, 6) is 0.842. The first-order chi connectivity index (χ1) is 10.3. The highest BCUT2D eigenvalue weighted by Crippen LogP contribution is 2.35. The lowest BCUT2D eigenvalue weighted by molar-refractivity contribution is 0.131. The maximum absolute atomic E-state index is 5.95. The molecular weight excluding hydrogens is 308 g/mol. The molecule has 1 nitrogen and oxygen atoms in total. The lowest BCUT2D eigenvalue weighted by atomic mass is 10.1. The van der Waals surface area contributed by atoms with Gasteiger partial charge < -0.3 is 4.74 Å². The van der Waals surface area contributed by atoms with Crippen LogP contribution in [-0.2, 0) is 0 Å². The predicted octanol–water partition coefficient (Wildman–Crippen LogP) is 5.86. The van der Waals surface area contributed by atoms with Crippen LogP contribution in [0.3, 0.4) is 0 Å². The molecule has 2 aromatic carbocycles. The average Bonchev–Trinajstić information content (AvgIpc) is 2.47. The second-order valence-corrected chi connectivity index (χ2v) is 7.15. The Morgan fingerprint density at radius 1 is 0.909 bits per heavy atom. The van der Waals surface area contributed by atoms with Crippen LogP contribution < -0.4 is 4.74 Å². The summed E-state index contributed by atoms with van der Waals surface area (Å²) in [5, 5.41) is 0. The first-order valence-corrected chi connectivity index (χ1v) is 8.15. The molecule has 3 heteroatoms. The highest BCUT2D eigenvalue weighted by atomic mass is 32.1. The van der Waals surface area contributed by atoms with Crippen LogP contribution in [0.25, 0.3) is 9.81 Å². The van der Waals surface area contributed by atoms with Gasteiger partial charge >= 0.3 is 0 Å². The van der Waals surface area contributed by atoms with Crippen molar-refractivity contribution >= 4 is 35.1 Å². The third kappa shape index (κ3) is 4.34. The lowest BCUT2D eigenvalue weighted by Gasteiger charge is -2.22. The Labute approximate surface area is 144 Å². The van der Waals surface area contributed by atoms with Crippen molar-refractivity contribution in [3.05, 3.63) is 65.2 Å². The first kappa shape index (κ1) is 17.0. The van der Waals surface area contributed by atoms with Gasteiger partial charge in [0.25, 0.3) is 0 Å². The lowest BCUT2D eigenvalue weighted by Crippen LogP contribution is -2.22. The van der Waals surface area contributed by atoms with Crippen molar-refractivity contribution in [2.75, 3.05) is 0 Å². The van der Waals surface area contributed by atoms with Crippen LogP contribution in [-0.4, -0.2) is 5.60 Å². The molecule has 0 aliphatic carbocycles. The molecule has 0 saturated carbocycles. The molecule has 22 heavy (non-hydrogen) atoms. The first-order valence-electron chi connectivity index (χ1n) is 7.25. The van der Waals surface area contributed by atoms with Crippen LogP contribution in [0, 0.1) is 6.92 Å². The SMILES string of the molecule is Cc1ccc(OC(C)(C)C)cc1/C(S)=C(/S)c1ccccc1. The molecular formula is C19H22OS2. The molecule has 2 rings (SSSR count). The molecule has 0 heterocycles. The number of hydrogen-bond acceptors (Lipinski definition) is 3. The van der Waals surface area contributed by atoms with E-state index in [9.17, 15) is 0 Å². The van der Waals surface area contributed by atoms with Crippen LogP contribution >= 0.6 is 25.3 Å². The Hall–Kier alpha value is -1.32. The van der Waals surface area contributed by atoms with Crippen molar-refractivity contribution in [3.8, 4) is 5.75 Å². The highest BCUT2D eigenvalue weighted by Gasteiger charge is 2.14. The largest absolute Gasteiger partial charge is 0.488 e. The second kappa shape index (κ2) is 6.84. The molecule has 0 unspecified atom stereocenters. The van der Waals surface area contributed by atoms with Crippen LogP contribution in [0.2, 0.25) is 0 Å². The van der Waals surface area contributed by atoms with Gasteiger partial charge in [-0.25, -0.2) is 0 Å². The fourth-order valence-electron chi connectivity index (χ4n) is 2.13. The minimum Gasteiger partial charge on any atom is -0.488 e. The summed E-state index contributed by atoms with van der Waals surface area (Å²) in [6.45, 7) is 8.19. The maximum atomic E-state index is 5.95. The maximum Gasteiger partial charge on any atom is 0.120 e. The van der Waals surface area contributed by atoms with Crippen LogP contribution in [0.1, 0.15) is 37.5 Å². The summed E-state index contributed by atoms with van der Waals surface area (Å²) in [6, 6.07) is 16.1. The molecule has 0 aromatic heterocycles. The fraction of sp³-hybridized carbons (Fsp3) is 0.263. The summed E-state index contributed by atoms with van der Waals surface area (Å²) in [7, 11) is 0. The van der Waals surface area contributed by atoms with E-state index in [4.69, 9.17) is 17.4 Å². The van der Waals surface area contributed by atoms with E-state index in [2.05, 4.69) is 25.6 Å². The van der Waals surface area contributed by atoms with Gasteiger partial charge in [0.05, 0.1) is 0 Å². The molecule has 0 N–H and O–H groups in total. The molecule has 0 bridgehead atoms. The summed E-state index contributed by atoms with van der Waals surface area (Å²) in [6.07, 6.45) is 0. The van der Waals surface area contributed by atoms with Gasteiger partial charge in [0, 0.05) is 9.81 Å². The Bertz CT molecular complexity index is 682. The average molecular weight is 331 g/mol. The standard InChI is InChI=1S/C19H22OS2/c1-13-10-11-15(20-19(2,3)4)12-16(13)18(22)17(21)14-8-6-5-7-9-14/h5-12,21-22H,1-4H3/b18-17-. The molecule has 0 aliphatic heterocycles. The van der Waals surface area contributed by atoms with Crippen molar-refractivity contribution in [3.63, 3.8) is 0 Å². The van der Waals surface area contributed by atoms with Crippen molar-refractivity contribution in [1.29, 1.82) is 0 Å². The predicted molar refractivity (Wildman–Crippen MR) is 103 cm³/mol. The Morgan fingerprint density at radius 2 is 1.55 bits per heavy atom. The second-order valence-electron chi connectivity index (χ2n) is 6.25. The minimum atomic E-state index is -0.226. The molecule has 0 aliphatic rings. The van der Waals surface area contributed by atoms with Gasteiger partial charge in [0.15, 0.2) is 0 Å². The third-order valence-electron chi connectivity index (χ3n) is 3.16. The van der Waals surface area contributed by atoms with Crippen LogP contribution in [0.4, 0.5) is 0 Å². The Kier molecular flexibility index (Phi) is 5.30. The summed E-state index contributed by atoms with van der Waals surface area (Å²) < 4.78 is 5.95. The molecule has 0 atom stereocenters. The fourth-order valence-corrected chi connectivity index (χ4v) is 2.77. The van der Waals surface area contributed by atoms with Crippen molar-refractivity contribution < 1.29 is 4.74 Å². The van der Waals surface area contributed by atoms with E-state index in [1.165, 1.54) is 0 Å². The zero-order chi connectivity index (χ0) is 16.3. The Morgan fingerprint density at radius 3 is 2.14 bits per heavy atom. The van der Waals surface area contributed by atoms with E-state index < -0.39 is 0 Å². The van der Waals surface area contributed by atoms with Crippen LogP contribution in [0.15, 0.2) is 48.5 Å². The van der Waals surface area contributed by atoms with E-state index in [1.807, 2.05) is 63.2 Å². The van der Waals surface area contributed by atoms with Crippen molar-refractivity contribution in [2.24, 2.45) is 0 Å². The van der Waals surface area contributed by atoms with E-state index in [-0.39, 0.29) is 5.60 Å². The summed E-state index contributed by atoms with van der Waals surface area (Å²) >= 11 is 9.36. The normalized spacial score (nSPS) is 12.8. The number of ether oxygens (including phenoxy) is 1. The molecule has 0 amide bonds. The van der Waals surface area contributed by atoms with Gasteiger partial charge in [-0.15, -0.1) is 25.3 Å². The number of rotatable bonds is 3. The number of hydrogen-bond donors (Lipinski definition) is 2. The van der Waals surface area contributed by atoms with Crippen molar-refractivity contribution in [1.82, 2.24) is 0 Å². The number of benzene rings is 2. The number of aryl methyl sites for hydroxylation is 1. The highest BCUT2D eigenvalue weighted by molar-refractivity contribution is 7.96. The molecule has 2 aromatic rings. The van der Waals surface area contributed by atoms with E-state index >= 15 is 0 Å². The molecule has 0 spiro atoms. The smallest absolute Gasteiger partial charge is 0.120 e. The monoisotopic (exact) mass is 330 g/mol. The number of thiol groups is 2. The summed E-state index contributed by atoms with van der Waals surface area (Å²) in [4.78, 5) is 1.71. The minimum absolute atomic E-state index is 0.226. The third-order valence-corrected chi connectivity index (χ3v) is 4.28. The van der Waals surface area contributed by atoms with Gasteiger partial charge in [0.2, 0.25) is 0 Å². The van der Waals surface area contributed by atoms with Crippen LogP contribution in [0.5, 0.6) is 5.75 Å². The van der Waals surface area contributed by atoms with Crippen molar-refractivity contribution in [2.45, 2.75) is 33.3 Å². The van der Waals surface area contributed by atoms with E-state index in [1.54, 1.807) is 0 Å². The molecule has 0 saturated heterocycles. The molecule has 0 radical (unpaired) electrons. The topological polar surface area (TPSA) is 9.23 Å². The van der Waals surface area contributed by atoms with E-state index in [0.717, 1.165) is 32.3 Å².